The van der Waals surface area contributed by atoms with Crippen LogP contribution in [0.4, 0.5) is 0 Å². The number of rotatable bonds is 2. The summed E-state index contributed by atoms with van der Waals surface area (Å²) in [6, 6.07) is 3.96. The highest BCUT2D eigenvalue weighted by Crippen LogP contribution is 2.10. The van der Waals surface area contributed by atoms with E-state index in [1.54, 1.807) is 17.4 Å². The van der Waals surface area contributed by atoms with E-state index < -0.39 is 0 Å². The predicted octanol–water partition coefficient (Wildman–Crippen LogP) is 1.87. The summed E-state index contributed by atoms with van der Waals surface area (Å²) in [7, 11) is 0. The molecule has 1 aliphatic rings. The topological polar surface area (TPSA) is 61.1 Å². The lowest BCUT2D eigenvalue weighted by Gasteiger charge is -1.83. The van der Waals surface area contributed by atoms with Crippen LogP contribution in [-0.4, -0.2) is 22.7 Å². The summed E-state index contributed by atoms with van der Waals surface area (Å²) in [5.41, 5.74) is 9.13. The van der Waals surface area contributed by atoms with Gasteiger partial charge in [-0.05, 0) is 28.6 Å². The van der Waals surface area contributed by atoms with Crippen molar-refractivity contribution in [2.75, 3.05) is 0 Å². The highest BCUT2D eigenvalue weighted by Gasteiger charge is 2.17. The van der Waals surface area contributed by atoms with Gasteiger partial charge in [0.25, 0.3) is 0 Å². The monoisotopic (exact) mass is 202 g/mol. The van der Waals surface area contributed by atoms with E-state index in [9.17, 15) is 0 Å². The number of hydrogen-bond acceptors (Lipinski definition) is 2. The molecule has 1 aromatic heterocycles. The van der Waals surface area contributed by atoms with E-state index >= 15 is 0 Å². The molecule has 68 valence electrons. The maximum absolute atomic E-state index is 8.56. The first-order chi connectivity index (χ1) is 6.90. The van der Waals surface area contributed by atoms with Gasteiger partial charge in [-0.3, -0.25) is 0 Å². The standard InChI is InChI=1S/C9H6N4S/c10-13-9-8(11-6-12-9)4-3-7-2-1-5-14-7/h1-6H/b4-3+. The lowest BCUT2D eigenvalue weighted by molar-refractivity contribution is -0.00268. The van der Waals surface area contributed by atoms with E-state index in [1.807, 2.05) is 23.6 Å². The fraction of sp³-hybridized carbons (Fsp3) is 0. The number of hydrogen-bond donors (Lipinski definition) is 0. The summed E-state index contributed by atoms with van der Waals surface area (Å²) in [5.74, 6) is 0.248. The molecule has 0 spiro atoms. The molecule has 1 aliphatic heterocycles. The summed E-state index contributed by atoms with van der Waals surface area (Å²) in [5, 5.41) is 1.99. The van der Waals surface area contributed by atoms with Crippen LogP contribution in [-0.2, 0) is 0 Å². The van der Waals surface area contributed by atoms with Gasteiger partial charge in [-0.25, -0.2) is 4.99 Å². The summed E-state index contributed by atoms with van der Waals surface area (Å²) < 4.78 is 0. The summed E-state index contributed by atoms with van der Waals surface area (Å²) in [4.78, 5) is 11.8. The predicted molar refractivity (Wildman–Crippen MR) is 57.9 cm³/mol. The summed E-state index contributed by atoms with van der Waals surface area (Å²) in [6.07, 6.45) is 5.04. The fourth-order valence-electron chi connectivity index (χ4n) is 1.01. The van der Waals surface area contributed by atoms with Gasteiger partial charge in [-0.15, -0.1) is 11.3 Å². The smallest absolute Gasteiger partial charge is 0.428 e. The van der Waals surface area contributed by atoms with Crippen LogP contribution in [0.3, 0.4) is 0 Å². The molecule has 0 atom stereocenters. The Hall–Kier alpha value is -1.84. The van der Waals surface area contributed by atoms with Gasteiger partial charge in [0.1, 0.15) is 0 Å². The van der Waals surface area contributed by atoms with Crippen LogP contribution in [0, 0.1) is 0 Å². The average Bonchev–Trinajstić information content (AvgIpc) is 2.85. The summed E-state index contributed by atoms with van der Waals surface area (Å²) in [6.45, 7) is 0. The second-order valence-corrected chi connectivity index (χ2v) is 3.51. The van der Waals surface area contributed by atoms with E-state index in [2.05, 4.69) is 14.8 Å². The molecule has 14 heavy (non-hydrogen) atoms. The molecule has 0 radical (unpaired) electrons. The fourth-order valence-corrected chi connectivity index (χ4v) is 1.63. The Morgan fingerprint density at radius 2 is 2.36 bits per heavy atom. The third-order valence-corrected chi connectivity index (χ3v) is 2.49. The number of amidine groups is 1. The van der Waals surface area contributed by atoms with E-state index in [0.29, 0.717) is 5.71 Å². The molecule has 0 N–H and O–H groups in total. The number of aliphatic imine (C=N–C) groups is 2. The second-order valence-electron chi connectivity index (χ2n) is 2.53. The van der Waals surface area contributed by atoms with Crippen molar-refractivity contribution >= 4 is 35.3 Å². The van der Waals surface area contributed by atoms with E-state index in [1.165, 1.54) is 6.34 Å². The molecule has 0 saturated heterocycles. The van der Waals surface area contributed by atoms with Crippen LogP contribution in [0.25, 0.3) is 11.6 Å². The molecule has 0 aliphatic carbocycles. The Morgan fingerprint density at radius 3 is 3.07 bits per heavy atom. The van der Waals surface area contributed by atoms with Crippen molar-refractivity contribution in [1.29, 1.82) is 0 Å². The first-order valence-corrected chi connectivity index (χ1v) is 4.82. The maximum atomic E-state index is 8.56. The van der Waals surface area contributed by atoms with Crippen LogP contribution < -0.4 is 0 Å². The maximum Gasteiger partial charge on any atom is 0.428 e. The Bertz CT molecular complexity index is 461. The molecule has 1 aromatic rings. The Kier molecular flexibility index (Phi) is 2.44. The summed E-state index contributed by atoms with van der Waals surface area (Å²) >= 11 is 1.63. The Morgan fingerprint density at radius 1 is 1.43 bits per heavy atom. The molecule has 0 bridgehead atoms. The highest BCUT2D eigenvalue weighted by molar-refractivity contribution is 7.10. The first-order valence-electron chi connectivity index (χ1n) is 3.94. The normalized spacial score (nSPS) is 14.9. The van der Waals surface area contributed by atoms with E-state index in [-0.39, 0.29) is 5.84 Å². The molecule has 2 heterocycles. The number of thiophene rings is 1. The minimum absolute atomic E-state index is 0.248. The average molecular weight is 202 g/mol. The molecule has 0 aromatic carbocycles. The minimum Gasteiger partial charge on any atom is -0.497 e. The van der Waals surface area contributed by atoms with E-state index in [0.717, 1.165) is 4.88 Å². The van der Waals surface area contributed by atoms with Crippen LogP contribution >= 0.6 is 11.3 Å². The Labute approximate surface area is 84.6 Å². The zero-order valence-electron chi connectivity index (χ0n) is 7.16. The molecular formula is C9H6N4S. The van der Waals surface area contributed by atoms with Crippen LogP contribution in [0.15, 0.2) is 33.6 Å². The zero-order chi connectivity index (χ0) is 9.80. The molecule has 0 saturated carbocycles. The minimum atomic E-state index is 0.248. The molecule has 2 rings (SSSR count). The molecule has 5 heteroatoms. The largest absolute Gasteiger partial charge is 0.497 e. The second kappa shape index (κ2) is 3.91. The van der Waals surface area contributed by atoms with Gasteiger partial charge in [0.2, 0.25) is 6.34 Å². The first kappa shape index (κ1) is 8.74. The van der Waals surface area contributed by atoms with E-state index in [4.69, 9.17) is 5.53 Å². The molecule has 4 nitrogen and oxygen atoms in total. The number of nitrogens with zero attached hydrogens (tertiary/aromatic N) is 4. The van der Waals surface area contributed by atoms with Crippen LogP contribution in [0.5, 0.6) is 0 Å². The van der Waals surface area contributed by atoms with Crippen molar-refractivity contribution in [3.05, 3.63) is 34.0 Å². The van der Waals surface area contributed by atoms with Crippen molar-refractivity contribution in [2.45, 2.75) is 0 Å². The van der Waals surface area contributed by atoms with Crippen molar-refractivity contribution in [1.82, 2.24) is 0 Å². The molecule has 0 unspecified atom stereocenters. The third kappa shape index (κ3) is 1.74. The zero-order valence-corrected chi connectivity index (χ0v) is 7.98. The van der Waals surface area contributed by atoms with Gasteiger partial charge in [0.15, 0.2) is 5.71 Å². The van der Waals surface area contributed by atoms with Crippen LogP contribution in [0.1, 0.15) is 4.88 Å². The quantitative estimate of drug-likeness (QED) is 0.519. The van der Waals surface area contributed by atoms with Crippen molar-refractivity contribution < 1.29 is 4.79 Å². The van der Waals surface area contributed by atoms with Gasteiger partial charge in [0, 0.05) is 4.88 Å². The molecule has 0 amide bonds. The van der Waals surface area contributed by atoms with Crippen molar-refractivity contribution in [2.24, 2.45) is 9.98 Å². The SMILES string of the molecule is [N-]=[N+]=C1N=CN=C1/C=C/c1cccs1. The van der Waals surface area contributed by atoms with Gasteiger partial charge in [-0.2, -0.15) is 0 Å². The lowest BCUT2D eigenvalue weighted by atomic mass is 10.3. The molecule has 0 fully saturated rings. The third-order valence-electron chi connectivity index (χ3n) is 1.65. The van der Waals surface area contributed by atoms with Crippen molar-refractivity contribution in [3.8, 4) is 0 Å². The van der Waals surface area contributed by atoms with Crippen LogP contribution in [0.2, 0.25) is 0 Å². The van der Waals surface area contributed by atoms with Crippen molar-refractivity contribution in [3.63, 3.8) is 0 Å². The van der Waals surface area contributed by atoms with Gasteiger partial charge >= 0.3 is 5.84 Å². The van der Waals surface area contributed by atoms with Gasteiger partial charge in [0.05, 0.1) is 0 Å². The lowest BCUT2D eigenvalue weighted by Crippen LogP contribution is -2.04. The highest BCUT2D eigenvalue weighted by atomic mass is 32.1. The molecular weight excluding hydrogens is 196 g/mol. The Balaban J connectivity index is 2.17. The van der Waals surface area contributed by atoms with Gasteiger partial charge < -0.3 is 10.3 Å². The van der Waals surface area contributed by atoms with Gasteiger partial charge in [-0.1, -0.05) is 6.07 Å².